The summed E-state index contributed by atoms with van der Waals surface area (Å²) >= 11 is 1.45. The number of nitrogens with one attached hydrogen (secondary N) is 1. The zero-order chi connectivity index (χ0) is 20.2. The van der Waals surface area contributed by atoms with E-state index >= 15 is 0 Å². The molecule has 8 nitrogen and oxygen atoms in total. The summed E-state index contributed by atoms with van der Waals surface area (Å²) in [6.07, 6.45) is 3.55. The number of morpholine rings is 1. The fraction of sp³-hybridized carbons (Fsp3) is 0.238. The minimum atomic E-state index is 0.452. The molecule has 5 rings (SSSR count). The van der Waals surface area contributed by atoms with Crippen molar-refractivity contribution >= 4 is 22.3 Å². The first-order chi connectivity index (χ1) is 14.8. The Morgan fingerprint density at radius 1 is 1.00 bits per heavy atom. The molecule has 1 N–H and O–H groups in total. The maximum absolute atomic E-state index is 5.81. The summed E-state index contributed by atoms with van der Waals surface area (Å²) in [5.74, 6) is 1.71. The van der Waals surface area contributed by atoms with Gasteiger partial charge in [-0.15, -0.1) is 10.2 Å². The third-order valence-corrected chi connectivity index (χ3v) is 5.63. The zero-order valence-corrected chi connectivity index (χ0v) is 17.0. The molecule has 1 fully saturated rings. The highest BCUT2D eigenvalue weighted by Crippen LogP contribution is 2.31. The van der Waals surface area contributed by atoms with Gasteiger partial charge in [-0.3, -0.25) is 4.90 Å². The highest BCUT2D eigenvalue weighted by molar-refractivity contribution is 7.18. The number of rotatable bonds is 6. The smallest absolute Gasteiger partial charge is 0.259 e. The molecule has 0 aliphatic carbocycles. The first-order valence-electron chi connectivity index (χ1n) is 9.71. The number of anilines is 2. The molecule has 1 aliphatic heterocycles. The Balaban J connectivity index is 1.27. The molecule has 1 aromatic carbocycles. The van der Waals surface area contributed by atoms with Gasteiger partial charge in [0.2, 0.25) is 5.89 Å². The molecule has 0 radical (unpaired) electrons. The SMILES string of the molecule is c1ccc(-c2nnc(-c3cnc(Nc4cc(CN5CCOCC5)ccn4)s3)o2)cc1. The average Bonchev–Trinajstić information content (AvgIpc) is 3.45. The predicted molar refractivity (Wildman–Crippen MR) is 114 cm³/mol. The second kappa shape index (κ2) is 8.70. The number of thiazole rings is 1. The molecule has 0 amide bonds. The first-order valence-corrected chi connectivity index (χ1v) is 10.5. The average molecular weight is 420 g/mol. The molecule has 152 valence electrons. The van der Waals surface area contributed by atoms with Crippen molar-refractivity contribution in [3.63, 3.8) is 0 Å². The maximum atomic E-state index is 5.81. The van der Waals surface area contributed by atoms with Crippen molar-refractivity contribution < 1.29 is 9.15 Å². The summed E-state index contributed by atoms with van der Waals surface area (Å²) in [7, 11) is 0. The number of ether oxygens (including phenoxy) is 1. The van der Waals surface area contributed by atoms with E-state index in [1.54, 1.807) is 6.20 Å². The number of nitrogens with zero attached hydrogens (tertiary/aromatic N) is 5. The molecule has 30 heavy (non-hydrogen) atoms. The van der Waals surface area contributed by atoms with Crippen LogP contribution in [0, 0.1) is 0 Å². The number of hydrogen-bond acceptors (Lipinski definition) is 9. The maximum Gasteiger partial charge on any atom is 0.259 e. The highest BCUT2D eigenvalue weighted by Gasteiger charge is 2.14. The quantitative estimate of drug-likeness (QED) is 0.503. The van der Waals surface area contributed by atoms with Crippen LogP contribution in [0.25, 0.3) is 22.2 Å². The van der Waals surface area contributed by atoms with Gasteiger partial charge in [0.15, 0.2) is 5.13 Å². The van der Waals surface area contributed by atoms with Gasteiger partial charge in [0.25, 0.3) is 5.89 Å². The molecule has 0 spiro atoms. The number of hydrogen-bond donors (Lipinski definition) is 1. The van der Waals surface area contributed by atoms with E-state index < -0.39 is 0 Å². The van der Waals surface area contributed by atoms with Crippen LogP contribution in [0.2, 0.25) is 0 Å². The van der Waals surface area contributed by atoms with Crippen LogP contribution in [0.4, 0.5) is 10.9 Å². The molecule has 4 heterocycles. The lowest BCUT2D eigenvalue weighted by Gasteiger charge is -2.26. The van der Waals surface area contributed by atoms with Crippen molar-refractivity contribution in [2.24, 2.45) is 0 Å². The third kappa shape index (κ3) is 4.38. The van der Waals surface area contributed by atoms with E-state index in [4.69, 9.17) is 9.15 Å². The summed E-state index contributed by atoms with van der Waals surface area (Å²) in [5.41, 5.74) is 2.09. The Morgan fingerprint density at radius 3 is 2.70 bits per heavy atom. The van der Waals surface area contributed by atoms with Gasteiger partial charge in [0.05, 0.1) is 19.4 Å². The standard InChI is InChI=1S/C21H20N6O2S/c1-2-4-16(5-3-1)19-25-26-20(29-19)17-13-23-21(30-17)24-18-12-15(6-7-22-18)14-27-8-10-28-11-9-27/h1-7,12-13H,8-11,14H2,(H,22,23,24). The van der Waals surface area contributed by atoms with Crippen LogP contribution in [0.15, 0.2) is 59.3 Å². The lowest BCUT2D eigenvalue weighted by molar-refractivity contribution is 0.0342. The summed E-state index contributed by atoms with van der Waals surface area (Å²) in [5, 5.41) is 12.3. The van der Waals surface area contributed by atoms with E-state index in [1.165, 1.54) is 16.9 Å². The lowest BCUT2D eigenvalue weighted by Crippen LogP contribution is -2.35. The third-order valence-electron chi connectivity index (χ3n) is 4.73. The van der Waals surface area contributed by atoms with Gasteiger partial charge in [0.1, 0.15) is 10.7 Å². The van der Waals surface area contributed by atoms with Gasteiger partial charge in [-0.05, 0) is 29.8 Å². The molecular weight excluding hydrogens is 400 g/mol. The Hall–Kier alpha value is -3.14. The van der Waals surface area contributed by atoms with E-state index in [0.717, 1.165) is 54.2 Å². The molecule has 0 saturated carbocycles. The van der Waals surface area contributed by atoms with E-state index in [9.17, 15) is 0 Å². The zero-order valence-electron chi connectivity index (χ0n) is 16.2. The fourth-order valence-corrected chi connectivity index (χ4v) is 3.96. The number of benzene rings is 1. The molecule has 0 bridgehead atoms. The van der Waals surface area contributed by atoms with E-state index in [0.29, 0.717) is 11.8 Å². The van der Waals surface area contributed by atoms with Crippen LogP contribution in [0.1, 0.15) is 5.56 Å². The molecule has 1 aliphatic rings. The number of pyridine rings is 1. The second-order valence-electron chi connectivity index (χ2n) is 6.87. The summed E-state index contributed by atoms with van der Waals surface area (Å²) in [6.45, 7) is 4.37. The van der Waals surface area contributed by atoms with Gasteiger partial charge < -0.3 is 14.5 Å². The molecule has 0 atom stereocenters. The molecule has 3 aromatic heterocycles. The Labute approximate surface area is 177 Å². The molecular formula is C21H20N6O2S. The van der Waals surface area contributed by atoms with Crippen LogP contribution >= 0.6 is 11.3 Å². The van der Waals surface area contributed by atoms with Crippen molar-refractivity contribution in [2.45, 2.75) is 6.54 Å². The van der Waals surface area contributed by atoms with E-state index in [1.807, 2.05) is 42.6 Å². The van der Waals surface area contributed by atoms with E-state index in [-0.39, 0.29) is 0 Å². The summed E-state index contributed by atoms with van der Waals surface area (Å²) < 4.78 is 11.2. The normalized spacial score (nSPS) is 14.7. The van der Waals surface area contributed by atoms with Crippen molar-refractivity contribution in [1.82, 2.24) is 25.1 Å². The van der Waals surface area contributed by atoms with Crippen LogP contribution in [-0.2, 0) is 11.3 Å². The van der Waals surface area contributed by atoms with Crippen LogP contribution in [-0.4, -0.2) is 51.4 Å². The van der Waals surface area contributed by atoms with Crippen molar-refractivity contribution in [3.05, 3.63) is 60.4 Å². The minimum absolute atomic E-state index is 0.452. The lowest BCUT2D eigenvalue weighted by atomic mass is 10.2. The topological polar surface area (TPSA) is 89.2 Å². The van der Waals surface area contributed by atoms with Gasteiger partial charge in [-0.2, -0.15) is 0 Å². The molecule has 0 unspecified atom stereocenters. The molecule has 1 saturated heterocycles. The van der Waals surface area contributed by atoms with E-state index in [2.05, 4.69) is 36.4 Å². The van der Waals surface area contributed by atoms with Gasteiger partial charge in [-0.25, -0.2) is 9.97 Å². The summed E-state index contributed by atoms with van der Waals surface area (Å²) in [6, 6.07) is 13.8. The van der Waals surface area contributed by atoms with Crippen LogP contribution in [0.3, 0.4) is 0 Å². The molecule has 9 heteroatoms. The van der Waals surface area contributed by atoms with Crippen LogP contribution < -0.4 is 5.32 Å². The largest absolute Gasteiger partial charge is 0.415 e. The van der Waals surface area contributed by atoms with Crippen molar-refractivity contribution in [1.29, 1.82) is 0 Å². The number of aromatic nitrogens is 4. The van der Waals surface area contributed by atoms with Crippen molar-refractivity contribution in [2.75, 3.05) is 31.6 Å². The highest BCUT2D eigenvalue weighted by atomic mass is 32.1. The minimum Gasteiger partial charge on any atom is -0.415 e. The monoisotopic (exact) mass is 420 g/mol. The predicted octanol–water partition coefficient (Wildman–Crippen LogP) is 3.83. The first kappa shape index (κ1) is 18.9. The Bertz CT molecular complexity index is 1110. The van der Waals surface area contributed by atoms with Crippen LogP contribution in [0.5, 0.6) is 0 Å². The van der Waals surface area contributed by atoms with Gasteiger partial charge in [-0.1, -0.05) is 29.5 Å². The van der Waals surface area contributed by atoms with Gasteiger partial charge in [0, 0.05) is 31.4 Å². The Kier molecular flexibility index (Phi) is 5.47. The Morgan fingerprint density at radius 2 is 1.83 bits per heavy atom. The van der Waals surface area contributed by atoms with Gasteiger partial charge >= 0.3 is 0 Å². The van der Waals surface area contributed by atoms with Crippen molar-refractivity contribution in [3.8, 4) is 22.2 Å². The molecule has 4 aromatic rings. The fourth-order valence-electron chi connectivity index (χ4n) is 3.22. The second-order valence-corrected chi connectivity index (χ2v) is 7.90. The summed E-state index contributed by atoms with van der Waals surface area (Å²) in [4.78, 5) is 12.0.